The summed E-state index contributed by atoms with van der Waals surface area (Å²) in [5.74, 6) is 2.29. The molecule has 0 spiro atoms. The first-order chi connectivity index (χ1) is 13.5. The number of hydrogen-bond donors (Lipinski definition) is 2. The first kappa shape index (κ1) is 19.3. The first-order valence-electron chi connectivity index (χ1n) is 9.90. The fraction of sp³-hybridized carbons (Fsp3) is 0.409. The van der Waals surface area contributed by atoms with Crippen LogP contribution in [-0.2, 0) is 0 Å². The molecule has 4 nitrogen and oxygen atoms in total. The summed E-state index contributed by atoms with van der Waals surface area (Å²) in [4.78, 5) is 2.42. The van der Waals surface area contributed by atoms with Crippen molar-refractivity contribution in [2.75, 3.05) is 18.0 Å². The summed E-state index contributed by atoms with van der Waals surface area (Å²) in [6.07, 6.45) is 2.13. The van der Waals surface area contributed by atoms with E-state index in [1.807, 2.05) is 30.3 Å². The lowest BCUT2D eigenvalue weighted by atomic mass is 9.89. The zero-order chi connectivity index (χ0) is 19.7. The monoisotopic (exact) mass is 415 g/mol. The van der Waals surface area contributed by atoms with Gasteiger partial charge in [-0.1, -0.05) is 43.6 Å². The highest BCUT2D eigenvalue weighted by Crippen LogP contribution is 2.48. The summed E-state index contributed by atoms with van der Waals surface area (Å²) in [7, 11) is 0. The molecule has 2 atom stereocenters. The molecule has 2 aliphatic rings. The van der Waals surface area contributed by atoms with Crippen LogP contribution in [0.2, 0.25) is 5.02 Å². The van der Waals surface area contributed by atoms with Crippen LogP contribution in [0.25, 0.3) is 0 Å². The van der Waals surface area contributed by atoms with Crippen LogP contribution in [0, 0.1) is 5.92 Å². The fourth-order valence-electron chi connectivity index (χ4n) is 4.06. The van der Waals surface area contributed by atoms with Gasteiger partial charge in [-0.3, -0.25) is 0 Å². The number of nitrogens with one attached hydrogen (secondary N) is 2. The first-order valence-corrected chi connectivity index (χ1v) is 10.7. The van der Waals surface area contributed by atoms with Crippen molar-refractivity contribution in [3.63, 3.8) is 0 Å². The van der Waals surface area contributed by atoms with Crippen LogP contribution in [0.5, 0.6) is 11.5 Å². The Morgan fingerprint density at radius 3 is 2.89 bits per heavy atom. The van der Waals surface area contributed by atoms with Gasteiger partial charge >= 0.3 is 0 Å². The number of fused-ring (bicyclic) bond motifs is 5. The van der Waals surface area contributed by atoms with E-state index in [4.69, 9.17) is 28.6 Å². The van der Waals surface area contributed by atoms with Crippen molar-refractivity contribution < 1.29 is 4.74 Å². The number of thiocarbonyl (C=S) groups is 1. The Kier molecular flexibility index (Phi) is 5.65. The van der Waals surface area contributed by atoms with Crippen LogP contribution in [0.1, 0.15) is 38.3 Å². The molecule has 2 N–H and O–H groups in total. The van der Waals surface area contributed by atoms with Gasteiger partial charge in [0.05, 0.1) is 17.8 Å². The Hall–Kier alpha value is -1.98. The molecule has 0 aliphatic carbocycles. The molecule has 2 aromatic rings. The molecular formula is C22H26ClN3OS. The van der Waals surface area contributed by atoms with Crippen molar-refractivity contribution in [1.82, 2.24) is 10.6 Å². The summed E-state index contributed by atoms with van der Waals surface area (Å²) in [6.45, 7) is 6.18. The average molecular weight is 416 g/mol. The van der Waals surface area contributed by atoms with Crippen LogP contribution in [0.4, 0.5) is 5.69 Å². The largest absolute Gasteiger partial charge is 0.455 e. The molecule has 2 heterocycles. The molecule has 0 amide bonds. The molecule has 2 aromatic carbocycles. The van der Waals surface area contributed by atoms with Crippen molar-refractivity contribution in [3.05, 3.63) is 53.1 Å². The van der Waals surface area contributed by atoms with E-state index in [0.717, 1.165) is 53.3 Å². The van der Waals surface area contributed by atoms with Crippen LogP contribution >= 0.6 is 23.8 Å². The predicted molar refractivity (Wildman–Crippen MR) is 120 cm³/mol. The van der Waals surface area contributed by atoms with Crippen molar-refractivity contribution >= 4 is 34.6 Å². The number of nitrogens with zero attached hydrogens (tertiary/aromatic N) is 1. The van der Waals surface area contributed by atoms with E-state index in [9.17, 15) is 0 Å². The number of rotatable bonds is 3. The Bertz CT molecular complexity index is 873. The van der Waals surface area contributed by atoms with Gasteiger partial charge in [-0.05, 0) is 55.2 Å². The standard InChI is InChI=1S/C22H26ClN3OS/c1-14(2)13-24-22(28)25-17-7-5-11-26-18-12-15(23)9-10-20(18)27-19-8-4-3-6-16(19)21(17)26/h3-4,6,8-10,12,14,17,21H,5,7,11,13H2,1-2H3,(H2,24,25,28). The Balaban J connectivity index is 1.70. The van der Waals surface area contributed by atoms with Gasteiger partial charge in [-0.25, -0.2) is 0 Å². The third-order valence-corrected chi connectivity index (χ3v) is 5.80. The molecule has 0 radical (unpaired) electrons. The van der Waals surface area contributed by atoms with E-state index in [0.29, 0.717) is 5.92 Å². The quantitative estimate of drug-likeness (QED) is 0.667. The molecule has 2 unspecified atom stereocenters. The highest BCUT2D eigenvalue weighted by atomic mass is 35.5. The number of hydrogen-bond acceptors (Lipinski definition) is 3. The molecule has 0 aromatic heterocycles. The third kappa shape index (κ3) is 3.91. The molecular weight excluding hydrogens is 390 g/mol. The minimum atomic E-state index is 0.128. The van der Waals surface area contributed by atoms with Crippen LogP contribution < -0.4 is 20.3 Å². The zero-order valence-corrected chi connectivity index (χ0v) is 17.8. The van der Waals surface area contributed by atoms with Crippen molar-refractivity contribution in [2.45, 2.75) is 38.8 Å². The maximum Gasteiger partial charge on any atom is 0.166 e. The second-order valence-electron chi connectivity index (χ2n) is 7.89. The summed E-state index contributed by atoms with van der Waals surface area (Å²) < 4.78 is 6.31. The van der Waals surface area contributed by atoms with Crippen LogP contribution in [0.15, 0.2) is 42.5 Å². The van der Waals surface area contributed by atoms with Gasteiger partial charge in [0.1, 0.15) is 5.75 Å². The van der Waals surface area contributed by atoms with Gasteiger partial charge in [-0.15, -0.1) is 0 Å². The SMILES string of the molecule is CC(C)CNC(=S)NC1CCCN2c3cc(Cl)ccc3Oc3ccccc3C12. The number of anilines is 1. The highest BCUT2D eigenvalue weighted by Gasteiger charge is 2.38. The summed E-state index contributed by atoms with van der Waals surface area (Å²) in [5.41, 5.74) is 2.22. The van der Waals surface area contributed by atoms with Crippen molar-refractivity contribution in [3.8, 4) is 11.5 Å². The fourth-order valence-corrected chi connectivity index (χ4v) is 4.46. The number of halogens is 1. The lowest BCUT2D eigenvalue weighted by molar-refractivity contribution is 0.380. The zero-order valence-electron chi connectivity index (χ0n) is 16.2. The van der Waals surface area contributed by atoms with Crippen molar-refractivity contribution in [2.24, 2.45) is 5.92 Å². The highest BCUT2D eigenvalue weighted by molar-refractivity contribution is 7.80. The molecule has 0 saturated carbocycles. The lowest BCUT2D eigenvalue weighted by Gasteiger charge is -2.42. The maximum atomic E-state index is 6.34. The van der Waals surface area contributed by atoms with Gasteiger partial charge in [0, 0.05) is 23.7 Å². The molecule has 1 saturated heterocycles. The van der Waals surface area contributed by atoms with Crippen LogP contribution in [0.3, 0.4) is 0 Å². The van der Waals surface area contributed by atoms with E-state index >= 15 is 0 Å². The topological polar surface area (TPSA) is 36.5 Å². The summed E-state index contributed by atoms with van der Waals surface area (Å²) in [6, 6.07) is 14.5. The average Bonchev–Trinajstić information content (AvgIpc) is 2.81. The third-order valence-electron chi connectivity index (χ3n) is 5.31. The maximum absolute atomic E-state index is 6.34. The smallest absolute Gasteiger partial charge is 0.166 e. The molecule has 2 aliphatic heterocycles. The van der Waals surface area contributed by atoms with E-state index in [-0.39, 0.29) is 12.1 Å². The van der Waals surface area contributed by atoms with E-state index in [2.05, 4.69) is 41.5 Å². The second-order valence-corrected chi connectivity index (χ2v) is 8.73. The van der Waals surface area contributed by atoms with Crippen molar-refractivity contribution in [1.29, 1.82) is 0 Å². The molecule has 28 heavy (non-hydrogen) atoms. The van der Waals surface area contributed by atoms with Gasteiger partial charge in [-0.2, -0.15) is 0 Å². The Morgan fingerprint density at radius 1 is 1.25 bits per heavy atom. The van der Waals surface area contributed by atoms with E-state index in [1.54, 1.807) is 0 Å². The predicted octanol–water partition coefficient (Wildman–Crippen LogP) is 5.28. The lowest BCUT2D eigenvalue weighted by Crippen LogP contribution is -2.52. The number of para-hydroxylation sites is 1. The molecule has 6 heteroatoms. The molecule has 1 fully saturated rings. The molecule has 148 valence electrons. The molecule has 4 rings (SSSR count). The number of piperidine rings is 1. The van der Waals surface area contributed by atoms with E-state index in [1.165, 1.54) is 5.56 Å². The normalized spacial score (nSPS) is 20.4. The second kappa shape index (κ2) is 8.18. The number of ether oxygens (including phenoxy) is 1. The molecule has 0 bridgehead atoms. The van der Waals surface area contributed by atoms with Gasteiger partial charge in [0.2, 0.25) is 0 Å². The minimum Gasteiger partial charge on any atom is -0.455 e. The van der Waals surface area contributed by atoms with Gasteiger partial charge in [0.15, 0.2) is 10.9 Å². The van der Waals surface area contributed by atoms with Crippen LogP contribution in [-0.4, -0.2) is 24.2 Å². The van der Waals surface area contributed by atoms with E-state index < -0.39 is 0 Å². The van der Waals surface area contributed by atoms with Gasteiger partial charge in [0.25, 0.3) is 0 Å². The Labute approximate surface area is 177 Å². The Morgan fingerprint density at radius 2 is 2.07 bits per heavy atom. The van der Waals surface area contributed by atoms with Gasteiger partial charge < -0.3 is 20.3 Å². The summed E-state index contributed by atoms with van der Waals surface area (Å²) >= 11 is 11.9. The minimum absolute atomic E-state index is 0.128. The number of benzene rings is 2. The summed E-state index contributed by atoms with van der Waals surface area (Å²) in [5, 5.41) is 8.36.